The summed E-state index contributed by atoms with van der Waals surface area (Å²) in [6.07, 6.45) is -0.832. The summed E-state index contributed by atoms with van der Waals surface area (Å²) in [5, 5.41) is 5.28. The van der Waals surface area contributed by atoms with Gasteiger partial charge in [-0.15, -0.1) is 0 Å². The van der Waals surface area contributed by atoms with Crippen LogP contribution in [0.15, 0.2) is 0 Å². The van der Waals surface area contributed by atoms with Crippen molar-refractivity contribution in [1.82, 2.24) is 10.6 Å². The van der Waals surface area contributed by atoms with E-state index in [-0.39, 0.29) is 11.9 Å². The summed E-state index contributed by atoms with van der Waals surface area (Å²) < 4.78 is 4.84. The molecule has 1 heterocycles. The number of hydrogen-bond donors (Lipinski definition) is 2. The molecule has 96 valence electrons. The Morgan fingerprint density at radius 2 is 1.94 bits per heavy atom. The van der Waals surface area contributed by atoms with Crippen molar-refractivity contribution in [2.45, 2.75) is 46.8 Å². The molecule has 1 aliphatic heterocycles. The minimum absolute atomic E-state index is 0.0287. The molecule has 2 N–H and O–H groups in total. The fourth-order valence-electron chi connectivity index (χ4n) is 1.24. The highest BCUT2D eigenvalue weighted by Gasteiger charge is 2.32. The number of rotatable bonds is 3. The quantitative estimate of drug-likeness (QED) is 0.770. The predicted octanol–water partition coefficient (Wildman–Crippen LogP) is 1.32. The fraction of sp³-hybridized carbons (Fsp3) is 0.818. The molecule has 0 aromatic rings. The summed E-state index contributed by atoms with van der Waals surface area (Å²) in [7, 11) is 1.66. The minimum atomic E-state index is -0.457. The van der Waals surface area contributed by atoms with E-state index in [4.69, 9.17) is 4.74 Å². The van der Waals surface area contributed by atoms with Gasteiger partial charge >= 0.3 is 6.09 Å². The fourth-order valence-corrected chi connectivity index (χ4v) is 1.24. The molecule has 1 fully saturated rings. The van der Waals surface area contributed by atoms with Gasteiger partial charge in [-0.2, -0.15) is 0 Å². The van der Waals surface area contributed by atoms with Gasteiger partial charge in [0.1, 0.15) is 12.1 Å². The number of carbonyl (C=O) groups is 2. The van der Waals surface area contributed by atoms with E-state index >= 15 is 0 Å². The zero-order chi connectivity index (χ0) is 13.1. The minimum Gasteiger partial charge on any atom is -0.442 e. The number of carbonyl (C=O) groups excluding carboxylic acids is 2. The second kappa shape index (κ2) is 10.4. The topological polar surface area (TPSA) is 67.4 Å². The first kappa shape index (κ1) is 17.3. The van der Waals surface area contributed by atoms with Gasteiger partial charge in [-0.25, -0.2) is 4.79 Å². The normalized spacial score (nSPS) is 19.1. The summed E-state index contributed by atoms with van der Waals surface area (Å²) in [4.78, 5) is 21.6. The Hall–Kier alpha value is -1.10. The number of Topliss-reactive ketones (excluding diaryl/α,β-unsaturated/α-hetero) is 1. The number of alkyl carbamates (subject to hydrolysis) is 1. The summed E-state index contributed by atoms with van der Waals surface area (Å²) in [6.45, 7) is 9.86. The Kier molecular flexibility index (Phi) is 11.3. The van der Waals surface area contributed by atoms with Crippen LogP contribution in [0.5, 0.6) is 0 Å². The van der Waals surface area contributed by atoms with Crippen molar-refractivity contribution in [2.75, 3.05) is 13.6 Å². The summed E-state index contributed by atoms with van der Waals surface area (Å²) in [5.74, 6) is -0.0287. The third kappa shape index (κ3) is 5.70. The van der Waals surface area contributed by atoms with Crippen molar-refractivity contribution in [1.29, 1.82) is 0 Å². The molecule has 1 rings (SSSR count). The van der Waals surface area contributed by atoms with Gasteiger partial charge in [-0.1, -0.05) is 27.7 Å². The molecule has 0 aromatic carbocycles. The average Bonchev–Trinajstić information content (AvgIpc) is 2.71. The first-order valence-corrected chi connectivity index (χ1v) is 5.77. The molecule has 0 spiro atoms. The van der Waals surface area contributed by atoms with Crippen LogP contribution in [0.2, 0.25) is 0 Å². The van der Waals surface area contributed by atoms with E-state index in [0.29, 0.717) is 6.54 Å². The van der Waals surface area contributed by atoms with Crippen LogP contribution < -0.4 is 10.6 Å². The highest BCUT2D eigenvalue weighted by molar-refractivity contribution is 5.83. The van der Waals surface area contributed by atoms with Crippen molar-refractivity contribution in [2.24, 2.45) is 0 Å². The zero-order valence-electron chi connectivity index (χ0n) is 11.1. The third-order valence-electron chi connectivity index (χ3n) is 1.83. The van der Waals surface area contributed by atoms with E-state index in [2.05, 4.69) is 10.6 Å². The van der Waals surface area contributed by atoms with Crippen molar-refractivity contribution in [3.63, 3.8) is 0 Å². The Morgan fingerprint density at radius 1 is 1.44 bits per heavy atom. The van der Waals surface area contributed by atoms with Gasteiger partial charge < -0.3 is 15.4 Å². The third-order valence-corrected chi connectivity index (χ3v) is 1.83. The Morgan fingerprint density at radius 3 is 2.19 bits per heavy atom. The second-order valence-corrected chi connectivity index (χ2v) is 2.70. The molecule has 5 nitrogen and oxygen atoms in total. The largest absolute Gasteiger partial charge is 0.442 e. The lowest BCUT2D eigenvalue weighted by Crippen LogP contribution is -2.44. The van der Waals surface area contributed by atoms with E-state index in [0.717, 1.165) is 0 Å². The van der Waals surface area contributed by atoms with Gasteiger partial charge in [-0.3, -0.25) is 4.79 Å². The van der Waals surface area contributed by atoms with Crippen molar-refractivity contribution in [3.8, 4) is 0 Å². The number of ketones is 1. The average molecular weight is 232 g/mol. The molecule has 2 unspecified atom stereocenters. The predicted molar refractivity (Wildman–Crippen MR) is 64.5 cm³/mol. The Labute approximate surface area is 97.9 Å². The molecule has 0 radical (unpaired) electrons. The van der Waals surface area contributed by atoms with Crippen LogP contribution in [0, 0.1) is 0 Å². The highest BCUT2D eigenvalue weighted by atomic mass is 16.6. The van der Waals surface area contributed by atoms with E-state index < -0.39 is 12.1 Å². The first-order chi connectivity index (χ1) is 7.65. The van der Waals surface area contributed by atoms with Gasteiger partial charge in [-0.05, 0) is 14.0 Å². The van der Waals surface area contributed by atoms with Crippen LogP contribution in [0.4, 0.5) is 4.79 Å². The van der Waals surface area contributed by atoms with Crippen LogP contribution in [0.25, 0.3) is 0 Å². The van der Waals surface area contributed by atoms with Crippen LogP contribution >= 0.6 is 0 Å². The van der Waals surface area contributed by atoms with E-state index in [1.54, 1.807) is 7.05 Å². The van der Waals surface area contributed by atoms with E-state index in [9.17, 15) is 9.59 Å². The number of cyclic esters (lactones) is 1. The van der Waals surface area contributed by atoms with Gasteiger partial charge in [0.15, 0.2) is 5.78 Å². The maximum absolute atomic E-state index is 11.0. The lowest BCUT2D eigenvalue weighted by molar-refractivity contribution is -0.120. The van der Waals surface area contributed by atoms with Crippen LogP contribution in [0.3, 0.4) is 0 Å². The highest BCUT2D eigenvalue weighted by Crippen LogP contribution is 2.05. The van der Waals surface area contributed by atoms with Gasteiger partial charge in [0, 0.05) is 0 Å². The zero-order valence-corrected chi connectivity index (χ0v) is 11.1. The molecule has 0 aliphatic carbocycles. The number of hydrogen-bond acceptors (Lipinski definition) is 4. The van der Waals surface area contributed by atoms with Crippen molar-refractivity contribution in [3.05, 3.63) is 0 Å². The molecular formula is C11H24N2O3. The van der Waals surface area contributed by atoms with E-state index in [1.807, 2.05) is 27.7 Å². The molecule has 1 aliphatic rings. The van der Waals surface area contributed by atoms with Crippen LogP contribution in [-0.2, 0) is 9.53 Å². The van der Waals surface area contributed by atoms with Crippen molar-refractivity contribution < 1.29 is 14.3 Å². The SMILES string of the molecule is CC.CC.CNC(C(C)=O)C1CNC(=O)O1. The standard InChI is InChI=1S/C7H12N2O3.2C2H6/c1-4(10)6(8-2)5-3-9-7(11)12-5;2*1-2/h5-6,8H,3H2,1-2H3,(H,9,11);2*1-2H3. The number of nitrogens with one attached hydrogen (secondary N) is 2. The summed E-state index contributed by atoms with van der Waals surface area (Å²) >= 11 is 0. The lowest BCUT2D eigenvalue weighted by atomic mass is 10.1. The van der Waals surface area contributed by atoms with Crippen LogP contribution in [-0.4, -0.2) is 37.6 Å². The molecule has 5 heteroatoms. The molecule has 0 bridgehead atoms. The van der Waals surface area contributed by atoms with E-state index in [1.165, 1.54) is 6.92 Å². The molecule has 1 amide bonds. The molecule has 1 saturated heterocycles. The maximum Gasteiger partial charge on any atom is 0.407 e. The molecule has 0 saturated carbocycles. The Balaban J connectivity index is 0. The maximum atomic E-state index is 11.0. The molecule has 2 atom stereocenters. The summed E-state index contributed by atoms with van der Waals surface area (Å²) in [5.41, 5.74) is 0. The Bertz CT molecular complexity index is 207. The van der Waals surface area contributed by atoms with Crippen molar-refractivity contribution >= 4 is 11.9 Å². The van der Waals surface area contributed by atoms with Crippen LogP contribution in [0.1, 0.15) is 34.6 Å². The van der Waals surface area contributed by atoms with Gasteiger partial charge in [0.25, 0.3) is 0 Å². The number of amides is 1. The summed E-state index contributed by atoms with van der Waals surface area (Å²) in [6, 6.07) is -0.399. The smallest absolute Gasteiger partial charge is 0.407 e. The second-order valence-electron chi connectivity index (χ2n) is 2.70. The van der Waals surface area contributed by atoms with Gasteiger partial charge in [0.05, 0.1) is 6.54 Å². The number of likely N-dealkylation sites (N-methyl/N-ethyl adjacent to an activating group) is 1. The number of ether oxygens (including phenoxy) is 1. The molecule has 0 aromatic heterocycles. The van der Waals surface area contributed by atoms with Gasteiger partial charge in [0.2, 0.25) is 0 Å². The lowest BCUT2D eigenvalue weighted by Gasteiger charge is -2.17. The monoisotopic (exact) mass is 232 g/mol. The first-order valence-electron chi connectivity index (χ1n) is 5.77. The molecule has 16 heavy (non-hydrogen) atoms. The molecular weight excluding hydrogens is 208 g/mol.